The summed E-state index contributed by atoms with van der Waals surface area (Å²) in [5, 5.41) is 9.67. The highest BCUT2D eigenvalue weighted by Crippen LogP contribution is 2.45. The fourth-order valence-electron chi connectivity index (χ4n) is 3.23. The van der Waals surface area contributed by atoms with Crippen molar-refractivity contribution in [1.29, 1.82) is 0 Å². The molecule has 0 heterocycles. The van der Waals surface area contributed by atoms with Crippen molar-refractivity contribution in [3.05, 3.63) is 23.3 Å². The van der Waals surface area contributed by atoms with Crippen LogP contribution in [-0.4, -0.2) is 25.2 Å². The molecular weight excluding hydrogens is 272 g/mol. The minimum Gasteiger partial charge on any atom is -0.493 e. The monoisotopic (exact) mass is 294 g/mol. The Morgan fingerprint density at radius 3 is 2.33 bits per heavy atom. The molecule has 4 N–H and O–H groups in total. The summed E-state index contributed by atoms with van der Waals surface area (Å²) in [6, 6.07) is 3.50. The molecule has 1 aromatic carbocycles. The summed E-state index contributed by atoms with van der Waals surface area (Å²) in [7, 11) is 3.08. The van der Waals surface area contributed by atoms with Crippen molar-refractivity contribution in [3.63, 3.8) is 0 Å². The van der Waals surface area contributed by atoms with Crippen LogP contribution in [0.4, 0.5) is 0 Å². The van der Waals surface area contributed by atoms with Gasteiger partial charge in [0.15, 0.2) is 11.5 Å². The Kier molecular flexibility index (Phi) is 4.69. The van der Waals surface area contributed by atoms with E-state index >= 15 is 0 Å². The second-order valence-electron chi connectivity index (χ2n) is 5.29. The third-order valence-corrected chi connectivity index (χ3v) is 4.32. The molecule has 0 aliphatic heterocycles. The summed E-state index contributed by atoms with van der Waals surface area (Å²) in [4.78, 5) is 12.4. The highest BCUT2D eigenvalue weighted by molar-refractivity contribution is 5.88. The van der Waals surface area contributed by atoms with Gasteiger partial charge in [-0.3, -0.25) is 10.2 Å². The highest BCUT2D eigenvalue weighted by Gasteiger charge is 2.44. The van der Waals surface area contributed by atoms with Crippen molar-refractivity contribution in [1.82, 2.24) is 5.43 Å². The van der Waals surface area contributed by atoms with E-state index in [1.54, 1.807) is 19.2 Å². The molecule has 1 aliphatic carbocycles. The highest BCUT2D eigenvalue weighted by atomic mass is 16.5. The van der Waals surface area contributed by atoms with Crippen LogP contribution in [0.25, 0.3) is 0 Å². The molecule has 0 saturated heterocycles. The minimum atomic E-state index is -0.702. The number of carbonyl (C=O) groups is 1. The first kappa shape index (κ1) is 15.6. The Morgan fingerprint density at radius 1 is 1.29 bits per heavy atom. The zero-order valence-electron chi connectivity index (χ0n) is 12.4. The lowest BCUT2D eigenvalue weighted by Gasteiger charge is -2.30. The minimum absolute atomic E-state index is 0.171. The predicted molar refractivity (Wildman–Crippen MR) is 77.9 cm³/mol. The van der Waals surface area contributed by atoms with E-state index in [9.17, 15) is 9.90 Å². The van der Waals surface area contributed by atoms with Crippen LogP contribution >= 0.6 is 0 Å². The van der Waals surface area contributed by atoms with E-state index < -0.39 is 5.41 Å². The molecule has 116 valence electrons. The molecule has 0 atom stereocenters. The van der Waals surface area contributed by atoms with Gasteiger partial charge in [-0.2, -0.15) is 0 Å². The van der Waals surface area contributed by atoms with E-state index in [4.69, 9.17) is 15.3 Å². The molecule has 1 fully saturated rings. The predicted octanol–water partition coefficient (Wildman–Crippen LogP) is 0.998. The second-order valence-corrected chi connectivity index (χ2v) is 5.29. The van der Waals surface area contributed by atoms with Gasteiger partial charge >= 0.3 is 0 Å². The van der Waals surface area contributed by atoms with Crippen LogP contribution < -0.4 is 20.7 Å². The van der Waals surface area contributed by atoms with Crippen molar-refractivity contribution >= 4 is 5.91 Å². The lowest BCUT2D eigenvalue weighted by atomic mass is 9.75. The standard InChI is InChI=1S/C15H22N2O4/c1-20-12-7-10(9-18)11(8-13(12)21-2)15(14(19)17-16)5-3-4-6-15/h7-8,18H,3-6,9,16H2,1-2H3,(H,17,19). The third-order valence-electron chi connectivity index (χ3n) is 4.32. The van der Waals surface area contributed by atoms with Crippen LogP contribution in [0.5, 0.6) is 11.5 Å². The molecule has 0 spiro atoms. The number of rotatable bonds is 5. The first-order chi connectivity index (χ1) is 10.1. The summed E-state index contributed by atoms with van der Waals surface area (Å²) >= 11 is 0. The SMILES string of the molecule is COc1cc(CO)c(C2(C(=O)NN)CCCC2)cc1OC. The average Bonchev–Trinajstić information content (AvgIpc) is 3.03. The number of aliphatic hydroxyl groups is 1. The number of methoxy groups -OCH3 is 2. The summed E-state index contributed by atoms with van der Waals surface area (Å²) in [6.07, 6.45) is 3.32. The van der Waals surface area contributed by atoms with E-state index in [2.05, 4.69) is 5.43 Å². The van der Waals surface area contributed by atoms with Gasteiger partial charge in [0.2, 0.25) is 5.91 Å². The van der Waals surface area contributed by atoms with E-state index in [-0.39, 0.29) is 12.5 Å². The number of carbonyl (C=O) groups excluding carboxylic acids is 1. The van der Waals surface area contributed by atoms with Gasteiger partial charge in [-0.1, -0.05) is 12.8 Å². The quantitative estimate of drug-likeness (QED) is 0.428. The van der Waals surface area contributed by atoms with Crippen LogP contribution in [0.3, 0.4) is 0 Å². The first-order valence-corrected chi connectivity index (χ1v) is 7.00. The topological polar surface area (TPSA) is 93.8 Å². The molecule has 0 unspecified atom stereocenters. The summed E-state index contributed by atoms with van der Waals surface area (Å²) < 4.78 is 10.6. The molecule has 1 aromatic rings. The molecule has 0 bridgehead atoms. The van der Waals surface area contributed by atoms with Gasteiger partial charge in [0, 0.05) is 0 Å². The Labute approximate surface area is 124 Å². The molecular formula is C15H22N2O4. The molecule has 1 aliphatic rings. The number of aliphatic hydroxyl groups excluding tert-OH is 1. The van der Waals surface area contributed by atoms with Gasteiger partial charge in [-0.25, -0.2) is 5.84 Å². The van der Waals surface area contributed by atoms with Crippen LogP contribution in [0, 0.1) is 0 Å². The van der Waals surface area contributed by atoms with Crippen molar-refractivity contribution in [2.24, 2.45) is 5.84 Å². The zero-order valence-corrected chi connectivity index (χ0v) is 12.4. The summed E-state index contributed by atoms with van der Waals surface area (Å²) in [5.41, 5.74) is 3.00. The normalized spacial score (nSPS) is 16.6. The summed E-state index contributed by atoms with van der Waals surface area (Å²) in [5.74, 6) is 6.23. The molecule has 6 nitrogen and oxygen atoms in total. The maximum absolute atomic E-state index is 12.4. The van der Waals surface area contributed by atoms with Crippen molar-refractivity contribution in [2.75, 3.05) is 14.2 Å². The molecule has 1 amide bonds. The largest absolute Gasteiger partial charge is 0.493 e. The third kappa shape index (κ3) is 2.56. The van der Waals surface area contributed by atoms with Crippen LogP contribution in [0.1, 0.15) is 36.8 Å². The first-order valence-electron chi connectivity index (χ1n) is 7.00. The molecule has 21 heavy (non-hydrogen) atoms. The van der Waals surface area contributed by atoms with Gasteiger partial charge in [0.25, 0.3) is 0 Å². The lowest BCUT2D eigenvalue weighted by Crippen LogP contribution is -2.46. The van der Waals surface area contributed by atoms with Crippen LogP contribution in [0.15, 0.2) is 12.1 Å². The average molecular weight is 294 g/mol. The van der Waals surface area contributed by atoms with E-state index in [1.165, 1.54) is 7.11 Å². The Morgan fingerprint density at radius 2 is 1.86 bits per heavy atom. The maximum atomic E-state index is 12.4. The molecule has 0 aromatic heterocycles. The van der Waals surface area contributed by atoms with Gasteiger partial charge in [-0.15, -0.1) is 0 Å². The molecule has 6 heteroatoms. The maximum Gasteiger partial charge on any atom is 0.244 e. The molecule has 2 rings (SSSR count). The smallest absolute Gasteiger partial charge is 0.244 e. The molecule has 0 radical (unpaired) electrons. The molecule has 1 saturated carbocycles. The number of hydrogen-bond acceptors (Lipinski definition) is 5. The van der Waals surface area contributed by atoms with E-state index in [0.717, 1.165) is 18.4 Å². The Bertz CT molecular complexity index is 525. The fraction of sp³-hybridized carbons (Fsp3) is 0.533. The number of ether oxygens (including phenoxy) is 2. The number of nitrogens with one attached hydrogen (secondary N) is 1. The lowest BCUT2D eigenvalue weighted by molar-refractivity contribution is -0.126. The van der Waals surface area contributed by atoms with Crippen LogP contribution in [0.2, 0.25) is 0 Å². The van der Waals surface area contributed by atoms with Crippen molar-refractivity contribution in [2.45, 2.75) is 37.7 Å². The second kappa shape index (κ2) is 6.32. The number of benzene rings is 1. The number of nitrogens with two attached hydrogens (primary N) is 1. The fourth-order valence-corrected chi connectivity index (χ4v) is 3.23. The van der Waals surface area contributed by atoms with Crippen LogP contribution in [-0.2, 0) is 16.8 Å². The number of hydrogen-bond donors (Lipinski definition) is 3. The Balaban J connectivity index is 2.62. The van der Waals surface area contributed by atoms with Crippen molar-refractivity contribution < 1.29 is 19.4 Å². The van der Waals surface area contributed by atoms with Crippen molar-refractivity contribution in [3.8, 4) is 11.5 Å². The van der Waals surface area contributed by atoms with E-state index in [1.807, 2.05) is 0 Å². The van der Waals surface area contributed by atoms with Gasteiger partial charge in [0.05, 0.1) is 26.2 Å². The number of amides is 1. The van der Waals surface area contributed by atoms with E-state index in [0.29, 0.717) is 29.9 Å². The Hall–Kier alpha value is -1.79. The zero-order chi connectivity index (χ0) is 15.5. The summed E-state index contributed by atoms with van der Waals surface area (Å²) in [6.45, 7) is -0.171. The number of hydrazine groups is 1. The van der Waals surface area contributed by atoms with Gasteiger partial charge in [0.1, 0.15) is 0 Å². The van der Waals surface area contributed by atoms with Gasteiger partial charge in [-0.05, 0) is 36.1 Å². The van der Waals surface area contributed by atoms with Gasteiger partial charge < -0.3 is 14.6 Å².